The zero-order valence-electron chi connectivity index (χ0n) is 12.2. The number of aromatic nitrogens is 2. The number of nitrogens with one attached hydrogen (secondary N) is 1. The number of ether oxygens (including phenoxy) is 1. The van der Waals surface area contributed by atoms with Crippen molar-refractivity contribution in [1.82, 2.24) is 9.78 Å². The van der Waals surface area contributed by atoms with Crippen LogP contribution in [0, 0.1) is 0 Å². The molecule has 0 spiro atoms. The van der Waals surface area contributed by atoms with Gasteiger partial charge in [-0.25, -0.2) is 4.79 Å². The second-order valence-electron chi connectivity index (χ2n) is 4.69. The van der Waals surface area contributed by atoms with Crippen LogP contribution < -0.4 is 5.32 Å². The molecule has 2 aromatic rings. The minimum Gasteiger partial charge on any atom is -0.478 e. The Balaban J connectivity index is 2.13. The van der Waals surface area contributed by atoms with E-state index in [1.165, 1.54) is 6.20 Å². The van der Waals surface area contributed by atoms with Crippen LogP contribution in [0.4, 0.5) is 5.69 Å². The van der Waals surface area contributed by atoms with Crippen molar-refractivity contribution in [2.75, 3.05) is 19.0 Å². The van der Waals surface area contributed by atoms with E-state index >= 15 is 0 Å². The van der Waals surface area contributed by atoms with E-state index in [0.29, 0.717) is 18.8 Å². The molecular weight excluding hydrogens is 270 g/mol. The molecule has 0 amide bonds. The summed E-state index contributed by atoms with van der Waals surface area (Å²) in [5.41, 5.74) is 2.98. The molecule has 0 bridgehead atoms. The first-order valence-electron chi connectivity index (χ1n) is 6.68. The Labute approximate surface area is 123 Å². The molecule has 112 valence electrons. The van der Waals surface area contributed by atoms with Gasteiger partial charge in [0.1, 0.15) is 5.56 Å². The first-order chi connectivity index (χ1) is 10.1. The fraction of sp³-hybridized carbons (Fsp3) is 0.333. The average molecular weight is 289 g/mol. The number of para-hydroxylation sites is 1. The third kappa shape index (κ3) is 3.61. The highest BCUT2D eigenvalue weighted by Gasteiger charge is 2.14. The lowest BCUT2D eigenvalue weighted by atomic mass is 10.1. The number of anilines is 1. The molecule has 0 fully saturated rings. The quantitative estimate of drug-likeness (QED) is 0.814. The number of nitrogens with zero attached hydrogens (tertiary/aromatic N) is 2. The maximum Gasteiger partial charge on any atom is 0.339 e. The standard InChI is InChI=1S/C15H19N3O3/c1-18-14(12(9-17-18)15(19)20)10-16-13-6-4-3-5-11(13)7-8-21-2/h3-6,9,16H,7-8,10H2,1-2H3,(H,19,20). The fourth-order valence-electron chi connectivity index (χ4n) is 2.15. The SMILES string of the molecule is COCCc1ccccc1NCc1c(C(=O)O)cnn1C. The van der Waals surface area contributed by atoms with E-state index in [0.717, 1.165) is 17.7 Å². The minimum absolute atomic E-state index is 0.222. The van der Waals surface area contributed by atoms with Crippen molar-refractivity contribution in [1.29, 1.82) is 0 Å². The van der Waals surface area contributed by atoms with Gasteiger partial charge in [0.25, 0.3) is 0 Å². The van der Waals surface area contributed by atoms with Gasteiger partial charge >= 0.3 is 5.97 Å². The lowest BCUT2D eigenvalue weighted by Crippen LogP contribution is -2.11. The fourth-order valence-corrected chi connectivity index (χ4v) is 2.15. The third-order valence-corrected chi connectivity index (χ3v) is 3.33. The van der Waals surface area contributed by atoms with Crippen LogP contribution in [0.15, 0.2) is 30.5 Å². The van der Waals surface area contributed by atoms with Crippen LogP contribution in [0.25, 0.3) is 0 Å². The zero-order valence-corrected chi connectivity index (χ0v) is 12.2. The lowest BCUT2D eigenvalue weighted by Gasteiger charge is -2.12. The monoisotopic (exact) mass is 289 g/mol. The Morgan fingerprint density at radius 1 is 1.43 bits per heavy atom. The molecule has 0 saturated carbocycles. The molecule has 0 aliphatic heterocycles. The largest absolute Gasteiger partial charge is 0.478 e. The van der Waals surface area contributed by atoms with Crippen LogP contribution in [0.3, 0.4) is 0 Å². The third-order valence-electron chi connectivity index (χ3n) is 3.33. The summed E-state index contributed by atoms with van der Waals surface area (Å²) < 4.78 is 6.68. The maximum absolute atomic E-state index is 11.2. The Hall–Kier alpha value is -2.34. The molecule has 2 N–H and O–H groups in total. The number of aromatic carboxylic acids is 1. The summed E-state index contributed by atoms with van der Waals surface area (Å²) >= 11 is 0. The van der Waals surface area contributed by atoms with Crippen LogP contribution in [-0.4, -0.2) is 34.6 Å². The number of aryl methyl sites for hydroxylation is 1. The van der Waals surface area contributed by atoms with Crippen LogP contribution in [-0.2, 0) is 24.8 Å². The zero-order chi connectivity index (χ0) is 15.2. The number of carbonyl (C=O) groups is 1. The van der Waals surface area contributed by atoms with Gasteiger partial charge in [0.05, 0.1) is 25.0 Å². The van der Waals surface area contributed by atoms with E-state index in [1.54, 1.807) is 18.8 Å². The van der Waals surface area contributed by atoms with Crippen LogP contribution in [0.2, 0.25) is 0 Å². The average Bonchev–Trinajstić information content (AvgIpc) is 2.85. The molecule has 0 unspecified atom stereocenters. The molecule has 21 heavy (non-hydrogen) atoms. The highest BCUT2D eigenvalue weighted by atomic mass is 16.5. The van der Waals surface area contributed by atoms with Crippen molar-refractivity contribution in [2.24, 2.45) is 7.05 Å². The maximum atomic E-state index is 11.2. The summed E-state index contributed by atoms with van der Waals surface area (Å²) in [5.74, 6) is -0.965. The predicted molar refractivity (Wildman–Crippen MR) is 79.5 cm³/mol. The van der Waals surface area contributed by atoms with E-state index in [4.69, 9.17) is 9.84 Å². The van der Waals surface area contributed by atoms with Crippen LogP contribution in [0.5, 0.6) is 0 Å². The summed E-state index contributed by atoms with van der Waals surface area (Å²) in [6, 6.07) is 7.92. The van der Waals surface area contributed by atoms with Gasteiger partial charge < -0.3 is 15.2 Å². The molecule has 2 rings (SSSR count). The molecule has 1 heterocycles. The number of benzene rings is 1. The second-order valence-corrected chi connectivity index (χ2v) is 4.69. The first-order valence-corrected chi connectivity index (χ1v) is 6.68. The first kappa shape index (κ1) is 15.1. The molecule has 1 aromatic heterocycles. The van der Waals surface area contributed by atoms with Gasteiger partial charge in [0, 0.05) is 19.8 Å². The van der Waals surface area contributed by atoms with E-state index in [1.807, 2.05) is 24.3 Å². The van der Waals surface area contributed by atoms with Crippen molar-refractivity contribution in [3.05, 3.63) is 47.3 Å². The highest BCUT2D eigenvalue weighted by Crippen LogP contribution is 2.18. The summed E-state index contributed by atoms with van der Waals surface area (Å²) in [6.45, 7) is 1.05. The van der Waals surface area contributed by atoms with Crippen molar-refractivity contribution in [3.8, 4) is 0 Å². The van der Waals surface area contributed by atoms with E-state index in [2.05, 4.69) is 10.4 Å². The van der Waals surface area contributed by atoms with Gasteiger partial charge in [0.15, 0.2) is 0 Å². The number of hydrogen-bond donors (Lipinski definition) is 2. The van der Waals surface area contributed by atoms with E-state index < -0.39 is 5.97 Å². The summed E-state index contributed by atoms with van der Waals surface area (Å²) in [6.07, 6.45) is 2.17. The van der Waals surface area contributed by atoms with Crippen molar-refractivity contribution >= 4 is 11.7 Å². The molecular formula is C15H19N3O3. The summed E-state index contributed by atoms with van der Waals surface area (Å²) in [4.78, 5) is 11.2. The van der Waals surface area contributed by atoms with Crippen molar-refractivity contribution < 1.29 is 14.6 Å². The predicted octanol–water partition coefficient (Wildman–Crippen LogP) is 1.92. The van der Waals surface area contributed by atoms with Gasteiger partial charge in [0.2, 0.25) is 0 Å². The smallest absolute Gasteiger partial charge is 0.339 e. The number of rotatable bonds is 7. The van der Waals surface area contributed by atoms with Crippen molar-refractivity contribution in [3.63, 3.8) is 0 Å². The van der Waals surface area contributed by atoms with Gasteiger partial charge in [-0.3, -0.25) is 4.68 Å². The van der Waals surface area contributed by atoms with E-state index in [-0.39, 0.29) is 5.56 Å². The molecule has 0 radical (unpaired) electrons. The normalized spacial score (nSPS) is 10.6. The molecule has 0 saturated heterocycles. The van der Waals surface area contributed by atoms with Gasteiger partial charge in [-0.2, -0.15) is 5.10 Å². The number of carboxylic acids is 1. The van der Waals surface area contributed by atoms with Crippen LogP contribution >= 0.6 is 0 Å². The number of hydrogen-bond acceptors (Lipinski definition) is 4. The van der Waals surface area contributed by atoms with Crippen molar-refractivity contribution in [2.45, 2.75) is 13.0 Å². The molecule has 0 aliphatic rings. The highest BCUT2D eigenvalue weighted by molar-refractivity contribution is 5.88. The van der Waals surface area contributed by atoms with Crippen LogP contribution in [0.1, 0.15) is 21.6 Å². The Morgan fingerprint density at radius 3 is 2.90 bits per heavy atom. The lowest BCUT2D eigenvalue weighted by molar-refractivity contribution is 0.0695. The van der Waals surface area contributed by atoms with E-state index in [9.17, 15) is 4.79 Å². The molecule has 1 aromatic carbocycles. The Bertz CT molecular complexity index is 622. The number of carboxylic acid groups (broad SMARTS) is 1. The van der Waals surface area contributed by atoms with Gasteiger partial charge in [-0.05, 0) is 18.1 Å². The second kappa shape index (κ2) is 6.90. The summed E-state index contributed by atoms with van der Waals surface area (Å²) in [7, 11) is 3.41. The number of methoxy groups -OCH3 is 1. The van der Waals surface area contributed by atoms with Gasteiger partial charge in [-0.15, -0.1) is 0 Å². The molecule has 0 atom stereocenters. The summed E-state index contributed by atoms with van der Waals surface area (Å²) in [5, 5.41) is 16.4. The van der Waals surface area contributed by atoms with Gasteiger partial charge in [-0.1, -0.05) is 18.2 Å². The topological polar surface area (TPSA) is 76.4 Å². The Kier molecular flexibility index (Phi) is 4.94. The Morgan fingerprint density at radius 2 is 2.19 bits per heavy atom. The molecule has 0 aliphatic carbocycles. The molecule has 6 nitrogen and oxygen atoms in total. The molecule has 6 heteroatoms. The minimum atomic E-state index is -0.965.